The third kappa shape index (κ3) is 3.77. The van der Waals surface area contributed by atoms with Gasteiger partial charge in [0.25, 0.3) is 0 Å². The summed E-state index contributed by atoms with van der Waals surface area (Å²) in [5.41, 5.74) is 1.26. The highest BCUT2D eigenvalue weighted by Gasteiger charge is 2.03. The Morgan fingerprint density at radius 3 is 2.76 bits per heavy atom. The fourth-order valence-electron chi connectivity index (χ4n) is 1.97. The van der Waals surface area contributed by atoms with Gasteiger partial charge in [-0.05, 0) is 30.5 Å². The fourth-order valence-corrected chi connectivity index (χ4v) is 1.97. The minimum absolute atomic E-state index is 0.850. The highest BCUT2D eigenvalue weighted by Crippen LogP contribution is 2.11. The van der Waals surface area contributed by atoms with Gasteiger partial charge in [-0.25, -0.2) is 0 Å². The molecule has 0 saturated heterocycles. The van der Waals surface area contributed by atoms with Crippen LogP contribution in [0.15, 0.2) is 29.3 Å². The molecule has 0 spiro atoms. The van der Waals surface area contributed by atoms with E-state index in [0.717, 1.165) is 25.3 Å². The Bertz CT molecular complexity index is 370. The van der Waals surface area contributed by atoms with Crippen LogP contribution in [0, 0.1) is 0 Å². The van der Waals surface area contributed by atoms with Crippen molar-refractivity contribution in [3.8, 4) is 5.75 Å². The number of hydrogen-bond donors (Lipinski definition) is 1. The number of hydrogen-bond acceptors (Lipinski definition) is 3. The van der Waals surface area contributed by atoms with Crippen LogP contribution in [0.5, 0.6) is 5.75 Å². The Balaban J connectivity index is 1.85. The third-order valence-corrected chi connectivity index (χ3v) is 3.03. The van der Waals surface area contributed by atoms with Gasteiger partial charge in [0.1, 0.15) is 5.75 Å². The van der Waals surface area contributed by atoms with Crippen LogP contribution in [0.3, 0.4) is 0 Å². The monoisotopic (exact) mass is 232 g/mol. The van der Waals surface area contributed by atoms with Crippen LogP contribution in [0.1, 0.15) is 31.2 Å². The first-order valence-electron chi connectivity index (χ1n) is 6.28. The number of nitrogens with zero attached hydrogens (tertiary/aromatic N) is 1. The Morgan fingerprint density at radius 2 is 2.00 bits per heavy atom. The van der Waals surface area contributed by atoms with E-state index in [9.17, 15) is 0 Å². The van der Waals surface area contributed by atoms with E-state index in [1.807, 2.05) is 12.1 Å². The van der Waals surface area contributed by atoms with E-state index in [-0.39, 0.29) is 0 Å². The summed E-state index contributed by atoms with van der Waals surface area (Å²) in [5, 5.41) is 3.42. The van der Waals surface area contributed by atoms with Gasteiger partial charge in [-0.2, -0.15) is 0 Å². The van der Waals surface area contributed by atoms with Crippen molar-refractivity contribution in [1.82, 2.24) is 5.32 Å². The first-order chi connectivity index (χ1) is 8.38. The second-order valence-corrected chi connectivity index (χ2v) is 4.34. The topological polar surface area (TPSA) is 33.6 Å². The smallest absolute Gasteiger partial charge is 0.118 e. The maximum absolute atomic E-state index is 5.14. The van der Waals surface area contributed by atoms with Gasteiger partial charge in [-0.3, -0.25) is 4.99 Å². The molecule has 17 heavy (non-hydrogen) atoms. The van der Waals surface area contributed by atoms with Gasteiger partial charge in [0.2, 0.25) is 0 Å². The molecule has 1 aromatic rings. The zero-order valence-electron chi connectivity index (χ0n) is 10.4. The molecule has 0 fully saturated rings. The van der Waals surface area contributed by atoms with Gasteiger partial charge in [-0.15, -0.1) is 0 Å². The fraction of sp³-hybridized carbons (Fsp3) is 0.500. The Labute approximate surface area is 103 Å². The van der Waals surface area contributed by atoms with E-state index in [0.29, 0.717) is 0 Å². The molecule has 0 aliphatic carbocycles. The summed E-state index contributed by atoms with van der Waals surface area (Å²) in [6.07, 6.45) is 4.88. The number of amidine groups is 1. The molecule has 0 amide bonds. The zero-order chi connectivity index (χ0) is 11.9. The first-order valence-corrected chi connectivity index (χ1v) is 6.28. The molecule has 0 unspecified atom stereocenters. The van der Waals surface area contributed by atoms with Crippen LogP contribution in [-0.2, 0) is 6.54 Å². The molecule has 0 aromatic heterocycles. The number of rotatable bonds is 3. The normalized spacial score (nSPS) is 15.9. The molecule has 3 heteroatoms. The molecule has 1 aliphatic rings. The van der Waals surface area contributed by atoms with E-state index in [1.54, 1.807) is 7.11 Å². The summed E-state index contributed by atoms with van der Waals surface area (Å²) >= 11 is 0. The van der Waals surface area contributed by atoms with Gasteiger partial charge in [0.05, 0.1) is 12.9 Å². The number of methoxy groups -OCH3 is 1. The molecule has 1 N–H and O–H groups in total. The molecule has 2 rings (SSSR count). The van der Waals surface area contributed by atoms with E-state index in [4.69, 9.17) is 4.74 Å². The van der Waals surface area contributed by atoms with Crippen molar-refractivity contribution in [3.05, 3.63) is 29.8 Å². The van der Waals surface area contributed by atoms with Crippen molar-refractivity contribution in [2.45, 2.75) is 32.2 Å². The second-order valence-electron chi connectivity index (χ2n) is 4.34. The lowest BCUT2D eigenvalue weighted by molar-refractivity contribution is 0.414. The largest absolute Gasteiger partial charge is 0.497 e. The molecular formula is C14H20N2O. The van der Waals surface area contributed by atoms with Crippen molar-refractivity contribution in [1.29, 1.82) is 0 Å². The van der Waals surface area contributed by atoms with Crippen molar-refractivity contribution < 1.29 is 4.74 Å². The standard InChI is InChI=1S/C14H20N2O/c1-17-13-8-6-12(7-9-13)11-16-14-5-3-2-4-10-15-14/h6-9H,2-5,10-11H2,1H3,(H,15,16). The average Bonchev–Trinajstić information content (AvgIpc) is 2.65. The van der Waals surface area contributed by atoms with E-state index >= 15 is 0 Å². The summed E-state index contributed by atoms with van der Waals surface area (Å²) < 4.78 is 5.14. The van der Waals surface area contributed by atoms with Gasteiger partial charge in [0, 0.05) is 19.5 Å². The van der Waals surface area contributed by atoms with Crippen molar-refractivity contribution >= 4 is 5.84 Å². The van der Waals surface area contributed by atoms with Crippen LogP contribution in [-0.4, -0.2) is 19.5 Å². The SMILES string of the molecule is COc1ccc(CNC2=NCCCCC2)cc1. The Hall–Kier alpha value is -1.51. The van der Waals surface area contributed by atoms with Crippen molar-refractivity contribution in [2.24, 2.45) is 4.99 Å². The van der Waals surface area contributed by atoms with Gasteiger partial charge in [-0.1, -0.05) is 18.6 Å². The van der Waals surface area contributed by atoms with E-state index in [1.165, 1.54) is 30.7 Å². The minimum atomic E-state index is 0.850. The zero-order valence-corrected chi connectivity index (χ0v) is 10.4. The van der Waals surface area contributed by atoms with Gasteiger partial charge in [0.15, 0.2) is 0 Å². The predicted molar refractivity (Wildman–Crippen MR) is 70.6 cm³/mol. The highest BCUT2D eigenvalue weighted by molar-refractivity contribution is 5.82. The molecule has 0 radical (unpaired) electrons. The molecule has 1 heterocycles. The van der Waals surface area contributed by atoms with E-state index in [2.05, 4.69) is 22.4 Å². The predicted octanol–water partition coefficient (Wildman–Crippen LogP) is 2.76. The lowest BCUT2D eigenvalue weighted by Gasteiger charge is -2.08. The molecule has 0 saturated carbocycles. The number of aliphatic imine (C=N–C) groups is 1. The van der Waals surface area contributed by atoms with Crippen LogP contribution in [0.4, 0.5) is 0 Å². The average molecular weight is 232 g/mol. The molecule has 1 aromatic carbocycles. The lowest BCUT2D eigenvalue weighted by atomic mass is 10.2. The number of benzene rings is 1. The maximum atomic E-state index is 5.14. The quantitative estimate of drug-likeness (QED) is 0.869. The molecule has 1 aliphatic heterocycles. The van der Waals surface area contributed by atoms with Gasteiger partial charge < -0.3 is 10.1 Å². The third-order valence-electron chi connectivity index (χ3n) is 3.03. The van der Waals surface area contributed by atoms with Crippen LogP contribution >= 0.6 is 0 Å². The summed E-state index contributed by atoms with van der Waals surface area (Å²) in [5.74, 6) is 2.07. The minimum Gasteiger partial charge on any atom is -0.497 e. The van der Waals surface area contributed by atoms with Crippen molar-refractivity contribution in [3.63, 3.8) is 0 Å². The summed E-state index contributed by atoms with van der Waals surface area (Å²) in [4.78, 5) is 4.55. The summed E-state index contributed by atoms with van der Waals surface area (Å²) in [6.45, 7) is 1.83. The Morgan fingerprint density at radius 1 is 1.18 bits per heavy atom. The first kappa shape index (κ1) is 12.0. The summed E-state index contributed by atoms with van der Waals surface area (Å²) in [7, 11) is 1.69. The highest BCUT2D eigenvalue weighted by atomic mass is 16.5. The van der Waals surface area contributed by atoms with Gasteiger partial charge >= 0.3 is 0 Å². The number of ether oxygens (including phenoxy) is 1. The molecule has 3 nitrogen and oxygen atoms in total. The molecular weight excluding hydrogens is 212 g/mol. The van der Waals surface area contributed by atoms with Crippen molar-refractivity contribution in [2.75, 3.05) is 13.7 Å². The maximum Gasteiger partial charge on any atom is 0.118 e. The second kappa shape index (κ2) is 6.28. The molecule has 0 bridgehead atoms. The van der Waals surface area contributed by atoms with E-state index < -0.39 is 0 Å². The Kier molecular flexibility index (Phi) is 4.42. The van der Waals surface area contributed by atoms with Crippen LogP contribution < -0.4 is 10.1 Å². The lowest BCUT2D eigenvalue weighted by Crippen LogP contribution is -2.22. The van der Waals surface area contributed by atoms with Crippen LogP contribution in [0.25, 0.3) is 0 Å². The van der Waals surface area contributed by atoms with Crippen LogP contribution in [0.2, 0.25) is 0 Å². The molecule has 92 valence electrons. The molecule has 0 atom stereocenters. The number of nitrogens with one attached hydrogen (secondary N) is 1. The summed E-state index contributed by atoms with van der Waals surface area (Å²) in [6, 6.07) is 8.16.